The highest BCUT2D eigenvalue weighted by Crippen LogP contribution is 2.23. The Morgan fingerprint density at radius 2 is 1.97 bits per heavy atom. The van der Waals surface area contributed by atoms with E-state index in [-0.39, 0.29) is 11.9 Å². The molecule has 158 valence electrons. The van der Waals surface area contributed by atoms with Crippen LogP contribution in [0.1, 0.15) is 42.1 Å². The second kappa shape index (κ2) is 10.2. The van der Waals surface area contributed by atoms with Crippen molar-refractivity contribution in [2.45, 2.75) is 38.8 Å². The molecule has 0 saturated heterocycles. The zero-order chi connectivity index (χ0) is 21.5. The van der Waals surface area contributed by atoms with Crippen molar-refractivity contribution >= 4 is 27.5 Å². The molecule has 0 aliphatic carbocycles. The summed E-state index contributed by atoms with van der Waals surface area (Å²) in [5, 5.41) is 4.17. The molecule has 6 heteroatoms. The van der Waals surface area contributed by atoms with E-state index in [1.807, 2.05) is 67.6 Å². The summed E-state index contributed by atoms with van der Waals surface area (Å²) in [7, 11) is 0. The topological polar surface area (TPSA) is 64.1 Å². The van der Waals surface area contributed by atoms with E-state index in [0.29, 0.717) is 13.0 Å². The van der Waals surface area contributed by atoms with Crippen LogP contribution < -0.4 is 10.1 Å². The van der Waals surface area contributed by atoms with Crippen molar-refractivity contribution in [1.82, 2.24) is 15.3 Å². The predicted octanol–water partition coefficient (Wildman–Crippen LogP) is 5.47. The van der Waals surface area contributed by atoms with E-state index in [9.17, 15) is 4.79 Å². The summed E-state index contributed by atoms with van der Waals surface area (Å²) in [4.78, 5) is 21.3. The molecule has 0 aliphatic heterocycles. The molecule has 0 fully saturated rings. The summed E-state index contributed by atoms with van der Waals surface area (Å²) in [5.74, 6) is 0.813. The highest BCUT2D eigenvalue weighted by Gasteiger charge is 2.11. The number of fused-ring (bicyclic) bond motifs is 1. The van der Waals surface area contributed by atoms with Crippen molar-refractivity contribution in [2.24, 2.45) is 0 Å². The van der Waals surface area contributed by atoms with Crippen LogP contribution in [-0.2, 0) is 17.8 Å². The SMILES string of the molecule is CC(NC(=O)CCCc1nc2ccccc2s1)c1cccc(OCc2ccccn2)c1. The van der Waals surface area contributed by atoms with E-state index in [0.717, 1.165) is 40.4 Å². The first-order valence-electron chi connectivity index (χ1n) is 10.4. The Bertz CT molecular complexity index is 1110. The molecule has 1 N–H and O–H groups in total. The van der Waals surface area contributed by atoms with E-state index in [2.05, 4.69) is 21.4 Å². The molecule has 4 rings (SSSR count). The van der Waals surface area contributed by atoms with E-state index in [4.69, 9.17) is 4.74 Å². The van der Waals surface area contributed by atoms with Crippen LogP contribution in [0.2, 0.25) is 0 Å². The van der Waals surface area contributed by atoms with Crippen molar-refractivity contribution < 1.29 is 9.53 Å². The number of carbonyl (C=O) groups excluding carboxylic acids is 1. The van der Waals surface area contributed by atoms with E-state index in [1.54, 1.807) is 17.5 Å². The third-order valence-corrected chi connectivity index (χ3v) is 6.08. The number of pyridine rings is 1. The zero-order valence-electron chi connectivity index (χ0n) is 17.5. The molecule has 0 bridgehead atoms. The standard InChI is InChI=1S/C25H25N3O2S/c1-18(19-8-6-10-21(16-19)30-17-20-9-4-5-15-26-20)27-24(29)13-7-14-25-28-22-11-2-3-12-23(22)31-25/h2-6,8-12,15-16,18H,7,13-14,17H2,1H3,(H,27,29). The third-order valence-electron chi connectivity index (χ3n) is 4.98. The van der Waals surface area contributed by atoms with Gasteiger partial charge in [-0.05, 0) is 61.7 Å². The summed E-state index contributed by atoms with van der Waals surface area (Å²) in [5.41, 5.74) is 2.92. The lowest BCUT2D eigenvalue weighted by Gasteiger charge is -2.15. The quantitative estimate of drug-likeness (QED) is 0.382. The molecule has 0 spiro atoms. The van der Waals surface area contributed by atoms with Crippen LogP contribution in [0.4, 0.5) is 0 Å². The van der Waals surface area contributed by atoms with Gasteiger partial charge in [0.15, 0.2) is 0 Å². The number of rotatable bonds is 9. The van der Waals surface area contributed by atoms with Crippen LogP contribution >= 0.6 is 11.3 Å². The monoisotopic (exact) mass is 431 g/mol. The Morgan fingerprint density at radius 3 is 2.81 bits per heavy atom. The molecule has 1 amide bonds. The minimum Gasteiger partial charge on any atom is -0.487 e. The predicted molar refractivity (Wildman–Crippen MR) is 124 cm³/mol. The van der Waals surface area contributed by atoms with Gasteiger partial charge in [-0.3, -0.25) is 9.78 Å². The number of ether oxygens (including phenoxy) is 1. The lowest BCUT2D eigenvalue weighted by molar-refractivity contribution is -0.121. The maximum Gasteiger partial charge on any atom is 0.220 e. The Balaban J connectivity index is 1.25. The second-order valence-corrected chi connectivity index (χ2v) is 8.52. The Hall–Kier alpha value is -3.25. The summed E-state index contributed by atoms with van der Waals surface area (Å²) >= 11 is 1.70. The smallest absolute Gasteiger partial charge is 0.220 e. The Kier molecular flexibility index (Phi) is 6.89. The number of aromatic nitrogens is 2. The van der Waals surface area contributed by atoms with Crippen LogP contribution in [0.25, 0.3) is 10.2 Å². The molecular formula is C25H25N3O2S. The van der Waals surface area contributed by atoms with Gasteiger partial charge in [0.25, 0.3) is 0 Å². The van der Waals surface area contributed by atoms with Crippen LogP contribution in [-0.4, -0.2) is 15.9 Å². The van der Waals surface area contributed by atoms with Crippen molar-refractivity contribution in [3.63, 3.8) is 0 Å². The first-order valence-corrected chi connectivity index (χ1v) is 11.3. The molecule has 5 nitrogen and oxygen atoms in total. The summed E-state index contributed by atoms with van der Waals surface area (Å²) in [6.07, 6.45) is 3.84. The van der Waals surface area contributed by atoms with Gasteiger partial charge in [0.2, 0.25) is 5.91 Å². The summed E-state index contributed by atoms with van der Waals surface area (Å²) in [6.45, 7) is 2.40. The molecule has 2 heterocycles. The van der Waals surface area contributed by atoms with Gasteiger partial charge in [-0.15, -0.1) is 11.3 Å². The van der Waals surface area contributed by atoms with Gasteiger partial charge in [0.1, 0.15) is 12.4 Å². The molecule has 4 aromatic rings. The van der Waals surface area contributed by atoms with Gasteiger partial charge in [-0.1, -0.05) is 30.3 Å². The minimum absolute atomic E-state index is 0.0495. The first kappa shape index (κ1) is 21.0. The molecule has 31 heavy (non-hydrogen) atoms. The Labute approximate surface area is 186 Å². The van der Waals surface area contributed by atoms with Crippen LogP contribution in [0.3, 0.4) is 0 Å². The molecule has 2 aromatic heterocycles. The highest BCUT2D eigenvalue weighted by atomic mass is 32.1. The van der Waals surface area contributed by atoms with Crippen molar-refractivity contribution in [1.29, 1.82) is 0 Å². The largest absolute Gasteiger partial charge is 0.487 e. The van der Waals surface area contributed by atoms with Gasteiger partial charge < -0.3 is 10.1 Å². The van der Waals surface area contributed by atoms with Gasteiger partial charge in [-0.2, -0.15) is 0 Å². The molecule has 0 saturated carbocycles. The first-order chi connectivity index (χ1) is 15.2. The van der Waals surface area contributed by atoms with Crippen LogP contribution in [0.15, 0.2) is 72.9 Å². The molecule has 2 aromatic carbocycles. The highest BCUT2D eigenvalue weighted by molar-refractivity contribution is 7.18. The van der Waals surface area contributed by atoms with E-state index in [1.165, 1.54) is 4.70 Å². The molecule has 1 atom stereocenters. The van der Waals surface area contributed by atoms with Gasteiger partial charge in [-0.25, -0.2) is 4.98 Å². The van der Waals surface area contributed by atoms with Crippen LogP contribution in [0, 0.1) is 0 Å². The average molecular weight is 432 g/mol. The van der Waals surface area contributed by atoms with E-state index >= 15 is 0 Å². The number of nitrogens with one attached hydrogen (secondary N) is 1. The maximum atomic E-state index is 12.4. The number of carbonyl (C=O) groups is 1. The van der Waals surface area contributed by atoms with Gasteiger partial charge >= 0.3 is 0 Å². The summed E-state index contributed by atoms with van der Waals surface area (Å²) < 4.78 is 7.04. The fourth-order valence-electron chi connectivity index (χ4n) is 3.34. The molecule has 0 radical (unpaired) electrons. The second-order valence-electron chi connectivity index (χ2n) is 7.40. The number of hydrogen-bond acceptors (Lipinski definition) is 5. The minimum atomic E-state index is -0.0895. The third kappa shape index (κ3) is 5.89. The van der Waals surface area contributed by atoms with Crippen molar-refractivity contribution in [3.05, 3.63) is 89.2 Å². The number of hydrogen-bond donors (Lipinski definition) is 1. The average Bonchev–Trinajstić information content (AvgIpc) is 3.21. The fraction of sp³-hybridized carbons (Fsp3) is 0.240. The molecule has 0 aliphatic rings. The van der Waals surface area contributed by atoms with E-state index < -0.39 is 0 Å². The number of aryl methyl sites for hydroxylation is 1. The fourth-order valence-corrected chi connectivity index (χ4v) is 4.35. The number of para-hydroxylation sites is 1. The Morgan fingerprint density at radius 1 is 1.10 bits per heavy atom. The normalized spacial score (nSPS) is 11.9. The lowest BCUT2D eigenvalue weighted by atomic mass is 10.1. The van der Waals surface area contributed by atoms with Crippen molar-refractivity contribution in [3.8, 4) is 5.75 Å². The summed E-state index contributed by atoms with van der Waals surface area (Å²) in [6, 6.07) is 21.6. The van der Waals surface area contributed by atoms with Gasteiger partial charge in [0, 0.05) is 12.6 Å². The van der Waals surface area contributed by atoms with Gasteiger partial charge in [0.05, 0.1) is 27.0 Å². The number of amides is 1. The molecule has 1 unspecified atom stereocenters. The number of thiazole rings is 1. The van der Waals surface area contributed by atoms with Crippen molar-refractivity contribution in [2.75, 3.05) is 0 Å². The zero-order valence-corrected chi connectivity index (χ0v) is 18.3. The number of nitrogens with zero attached hydrogens (tertiary/aromatic N) is 2. The number of benzene rings is 2. The molecular weight excluding hydrogens is 406 g/mol. The lowest BCUT2D eigenvalue weighted by Crippen LogP contribution is -2.26. The van der Waals surface area contributed by atoms with Crippen LogP contribution in [0.5, 0.6) is 5.75 Å². The maximum absolute atomic E-state index is 12.4.